The predicted octanol–water partition coefficient (Wildman–Crippen LogP) is 3.62. The summed E-state index contributed by atoms with van der Waals surface area (Å²) in [5, 5.41) is 11.4. The molecule has 1 saturated heterocycles. The first-order valence-electron chi connectivity index (χ1n) is 7.47. The van der Waals surface area contributed by atoms with Crippen LogP contribution in [0.1, 0.15) is 43.8 Å². The molecule has 0 saturated carbocycles. The number of aliphatic hydroxyl groups is 1. The molecule has 0 amide bonds. The molecule has 1 aromatic heterocycles. The topological polar surface area (TPSA) is 42.4 Å². The standard InChI is InChI=1S/C17H21NO2/c19-17(7-1-5-15-6-3-11-20-15)14-8-9-16-13(12-14)4-2-10-18-16/h2,4,8-10,12,15,17,19H,1,3,5-7,11H2. The van der Waals surface area contributed by atoms with E-state index in [2.05, 4.69) is 4.98 Å². The van der Waals surface area contributed by atoms with Gasteiger partial charge in [0.2, 0.25) is 0 Å². The third-order valence-corrected chi connectivity index (χ3v) is 4.04. The van der Waals surface area contributed by atoms with Crippen LogP contribution in [0, 0.1) is 0 Å². The molecule has 1 aliphatic rings. The Morgan fingerprint density at radius 2 is 2.30 bits per heavy atom. The fourth-order valence-corrected chi connectivity index (χ4v) is 2.88. The molecule has 1 N–H and O–H groups in total. The number of fused-ring (bicyclic) bond motifs is 1. The first kappa shape index (κ1) is 13.5. The van der Waals surface area contributed by atoms with Crippen molar-refractivity contribution in [1.29, 1.82) is 0 Å². The van der Waals surface area contributed by atoms with Gasteiger partial charge in [-0.25, -0.2) is 0 Å². The van der Waals surface area contributed by atoms with Gasteiger partial charge < -0.3 is 9.84 Å². The van der Waals surface area contributed by atoms with E-state index in [9.17, 15) is 5.11 Å². The van der Waals surface area contributed by atoms with E-state index < -0.39 is 0 Å². The number of benzene rings is 1. The Bertz CT molecular complexity index is 564. The molecule has 106 valence electrons. The van der Waals surface area contributed by atoms with Crippen LogP contribution in [-0.2, 0) is 4.74 Å². The molecule has 2 aromatic rings. The zero-order valence-electron chi connectivity index (χ0n) is 11.7. The van der Waals surface area contributed by atoms with Crippen LogP contribution in [-0.4, -0.2) is 22.8 Å². The third kappa shape index (κ3) is 3.17. The molecule has 2 atom stereocenters. The van der Waals surface area contributed by atoms with Crippen LogP contribution in [0.15, 0.2) is 36.5 Å². The molecule has 3 nitrogen and oxygen atoms in total. The molecule has 1 aliphatic heterocycles. The highest BCUT2D eigenvalue weighted by Gasteiger charge is 2.16. The minimum Gasteiger partial charge on any atom is -0.388 e. The number of ether oxygens (including phenoxy) is 1. The molecule has 3 rings (SSSR count). The van der Waals surface area contributed by atoms with E-state index in [1.165, 1.54) is 12.8 Å². The van der Waals surface area contributed by atoms with E-state index in [4.69, 9.17) is 4.74 Å². The number of hydrogen-bond acceptors (Lipinski definition) is 3. The summed E-state index contributed by atoms with van der Waals surface area (Å²) in [5.41, 5.74) is 1.96. The zero-order chi connectivity index (χ0) is 13.8. The van der Waals surface area contributed by atoms with Crippen LogP contribution in [0.3, 0.4) is 0 Å². The van der Waals surface area contributed by atoms with Gasteiger partial charge in [0.1, 0.15) is 0 Å². The van der Waals surface area contributed by atoms with Gasteiger partial charge in [-0.05, 0) is 55.9 Å². The first-order chi connectivity index (χ1) is 9.83. The highest BCUT2D eigenvalue weighted by atomic mass is 16.5. The van der Waals surface area contributed by atoms with Gasteiger partial charge in [0.15, 0.2) is 0 Å². The number of rotatable bonds is 5. The number of hydrogen-bond donors (Lipinski definition) is 1. The second kappa shape index (κ2) is 6.33. The maximum absolute atomic E-state index is 10.3. The van der Waals surface area contributed by atoms with Gasteiger partial charge in [-0.1, -0.05) is 12.1 Å². The highest BCUT2D eigenvalue weighted by molar-refractivity contribution is 5.78. The van der Waals surface area contributed by atoms with E-state index in [1.54, 1.807) is 6.20 Å². The van der Waals surface area contributed by atoms with Crippen LogP contribution in [0.4, 0.5) is 0 Å². The molecular weight excluding hydrogens is 250 g/mol. The average molecular weight is 271 g/mol. The van der Waals surface area contributed by atoms with Gasteiger partial charge in [0, 0.05) is 18.2 Å². The Balaban J connectivity index is 1.58. The highest BCUT2D eigenvalue weighted by Crippen LogP contribution is 2.25. The fourth-order valence-electron chi connectivity index (χ4n) is 2.88. The maximum atomic E-state index is 10.3. The van der Waals surface area contributed by atoms with Crippen molar-refractivity contribution in [3.63, 3.8) is 0 Å². The molecule has 0 aliphatic carbocycles. The van der Waals surface area contributed by atoms with Gasteiger partial charge in [-0.15, -0.1) is 0 Å². The molecule has 2 unspecified atom stereocenters. The van der Waals surface area contributed by atoms with Gasteiger partial charge in [0.25, 0.3) is 0 Å². The van der Waals surface area contributed by atoms with E-state index in [0.717, 1.165) is 42.3 Å². The van der Waals surface area contributed by atoms with Crippen molar-refractivity contribution in [3.8, 4) is 0 Å². The van der Waals surface area contributed by atoms with Crippen LogP contribution in [0.25, 0.3) is 10.9 Å². The first-order valence-corrected chi connectivity index (χ1v) is 7.47. The van der Waals surface area contributed by atoms with Crippen molar-refractivity contribution < 1.29 is 9.84 Å². The van der Waals surface area contributed by atoms with Crippen LogP contribution < -0.4 is 0 Å². The zero-order valence-corrected chi connectivity index (χ0v) is 11.7. The van der Waals surface area contributed by atoms with Crippen molar-refractivity contribution >= 4 is 10.9 Å². The van der Waals surface area contributed by atoms with Crippen molar-refractivity contribution in [2.75, 3.05) is 6.61 Å². The molecule has 1 aromatic carbocycles. The summed E-state index contributed by atoms with van der Waals surface area (Å²) in [5.74, 6) is 0. The lowest BCUT2D eigenvalue weighted by Gasteiger charge is -2.13. The molecule has 3 heteroatoms. The van der Waals surface area contributed by atoms with Crippen molar-refractivity contribution in [3.05, 3.63) is 42.1 Å². The molecule has 0 bridgehead atoms. The average Bonchev–Trinajstić information content (AvgIpc) is 3.00. The lowest BCUT2D eigenvalue weighted by Crippen LogP contribution is -2.06. The van der Waals surface area contributed by atoms with Crippen molar-refractivity contribution in [2.24, 2.45) is 0 Å². The summed E-state index contributed by atoms with van der Waals surface area (Å²) in [6.07, 6.45) is 7.06. The van der Waals surface area contributed by atoms with E-state index >= 15 is 0 Å². The minimum absolute atomic E-state index is 0.388. The normalized spacial score (nSPS) is 20.4. The van der Waals surface area contributed by atoms with Crippen molar-refractivity contribution in [1.82, 2.24) is 4.98 Å². The third-order valence-electron chi connectivity index (χ3n) is 4.04. The quantitative estimate of drug-likeness (QED) is 0.903. The Morgan fingerprint density at radius 3 is 3.15 bits per heavy atom. The summed E-state index contributed by atoms with van der Waals surface area (Å²) in [4.78, 5) is 4.30. The van der Waals surface area contributed by atoms with Crippen LogP contribution in [0.2, 0.25) is 0 Å². The van der Waals surface area contributed by atoms with Crippen LogP contribution >= 0.6 is 0 Å². The summed E-state index contributed by atoms with van der Waals surface area (Å²) >= 11 is 0. The molecule has 20 heavy (non-hydrogen) atoms. The predicted molar refractivity (Wildman–Crippen MR) is 79.5 cm³/mol. The Hall–Kier alpha value is -1.45. The lowest BCUT2D eigenvalue weighted by molar-refractivity contribution is 0.0945. The van der Waals surface area contributed by atoms with Gasteiger partial charge >= 0.3 is 0 Å². The van der Waals surface area contributed by atoms with Crippen LogP contribution in [0.5, 0.6) is 0 Å². The number of aromatic nitrogens is 1. The lowest BCUT2D eigenvalue weighted by atomic mass is 10.0. The molecular formula is C17H21NO2. The molecule has 0 spiro atoms. The Morgan fingerprint density at radius 1 is 1.35 bits per heavy atom. The van der Waals surface area contributed by atoms with Gasteiger partial charge in [-0.3, -0.25) is 4.98 Å². The maximum Gasteiger partial charge on any atom is 0.0790 e. The fraction of sp³-hybridized carbons (Fsp3) is 0.471. The summed E-state index contributed by atoms with van der Waals surface area (Å²) in [7, 11) is 0. The van der Waals surface area contributed by atoms with E-state index in [-0.39, 0.29) is 6.10 Å². The van der Waals surface area contributed by atoms with Gasteiger partial charge in [-0.2, -0.15) is 0 Å². The number of nitrogens with zero attached hydrogens (tertiary/aromatic N) is 1. The molecule has 2 heterocycles. The largest absolute Gasteiger partial charge is 0.388 e. The summed E-state index contributed by atoms with van der Waals surface area (Å²) < 4.78 is 5.61. The monoisotopic (exact) mass is 271 g/mol. The Kier molecular flexibility index (Phi) is 4.28. The summed E-state index contributed by atoms with van der Waals surface area (Å²) in [6, 6.07) is 9.96. The Labute approximate surface area is 119 Å². The number of pyridine rings is 1. The minimum atomic E-state index is -0.388. The second-order valence-electron chi connectivity index (χ2n) is 5.54. The smallest absolute Gasteiger partial charge is 0.0790 e. The molecule has 0 radical (unpaired) electrons. The molecule has 1 fully saturated rings. The van der Waals surface area contributed by atoms with E-state index in [1.807, 2.05) is 30.3 Å². The van der Waals surface area contributed by atoms with E-state index in [0.29, 0.717) is 6.10 Å². The number of aliphatic hydroxyl groups excluding tert-OH is 1. The van der Waals surface area contributed by atoms with Crippen molar-refractivity contribution in [2.45, 2.75) is 44.3 Å². The second-order valence-corrected chi connectivity index (χ2v) is 5.54. The summed E-state index contributed by atoms with van der Waals surface area (Å²) in [6.45, 7) is 0.908. The van der Waals surface area contributed by atoms with Gasteiger partial charge in [0.05, 0.1) is 17.7 Å². The SMILES string of the molecule is OC(CCCC1CCCO1)c1ccc2ncccc2c1.